The van der Waals surface area contributed by atoms with E-state index in [0.717, 1.165) is 13.2 Å². The molecule has 2 saturated carbocycles. The van der Waals surface area contributed by atoms with Crippen molar-refractivity contribution < 1.29 is 14.2 Å². The minimum absolute atomic E-state index is 0.443. The fourth-order valence-electron chi connectivity index (χ4n) is 6.57. The number of fused-ring (bicyclic) bond motifs is 3. The van der Waals surface area contributed by atoms with Crippen molar-refractivity contribution in [2.45, 2.75) is 154 Å². The maximum Gasteiger partial charge on any atom is 0.0615 e. The minimum Gasteiger partial charge on any atom is -0.378 e. The molecule has 3 nitrogen and oxygen atoms in total. The lowest BCUT2D eigenvalue weighted by Gasteiger charge is -2.39. The predicted octanol–water partition coefficient (Wildman–Crippen LogP) is 8.09. The Kier molecular flexibility index (Phi) is 12.4. The molecule has 3 rings (SSSR count). The van der Waals surface area contributed by atoms with Gasteiger partial charge in [-0.25, -0.2) is 0 Å². The van der Waals surface area contributed by atoms with Crippen LogP contribution in [0, 0.1) is 17.8 Å². The van der Waals surface area contributed by atoms with E-state index in [-0.39, 0.29) is 0 Å². The van der Waals surface area contributed by atoms with Crippen LogP contribution in [0.1, 0.15) is 130 Å². The van der Waals surface area contributed by atoms with Gasteiger partial charge in [0.15, 0.2) is 0 Å². The molecule has 0 bridgehead atoms. The van der Waals surface area contributed by atoms with Gasteiger partial charge in [0.1, 0.15) is 0 Å². The van der Waals surface area contributed by atoms with Crippen molar-refractivity contribution in [2.24, 2.45) is 17.8 Å². The first-order valence-corrected chi connectivity index (χ1v) is 14.6. The summed E-state index contributed by atoms with van der Waals surface area (Å²) in [5, 5.41) is 0. The maximum atomic E-state index is 6.59. The smallest absolute Gasteiger partial charge is 0.0615 e. The molecule has 7 atom stereocenters. The SMILES string of the molecule is CCCCCCCCOC1CCC2OC3CC(C)C(OCCCCCCCC)CC3C2C1. The predicted molar refractivity (Wildman–Crippen MR) is 134 cm³/mol. The molecule has 3 aliphatic rings. The van der Waals surface area contributed by atoms with Crippen molar-refractivity contribution in [1.29, 1.82) is 0 Å². The Bertz CT molecular complexity index is 481. The summed E-state index contributed by atoms with van der Waals surface area (Å²) < 4.78 is 19.4. The van der Waals surface area contributed by atoms with Gasteiger partial charge in [0, 0.05) is 13.2 Å². The van der Waals surface area contributed by atoms with Crippen molar-refractivity contribution in [3.05, 3.63) is 0 Å². The normalized spacial score (nSPS) is 34.4. The average molecular weight is 451 g/mol. The van der Waals surface area contributed by atoms with Gasteiger partial charge in [-0.05, 0) is 62.7 Å². The molecule has 0 spiro atoms. The van der Waals surface area contributed by atoms with Crippen LogP contribution in [-0.2, 0) is 14.2 Å². The van der Waals surface area contributed by atoms with Gasteiger partial charge in [-0.1, -0.05) is 85.0 Å². The van der Waals surface area contributed by atoms with Crippen molar-refractivity contribution in [3.63, 3.8) is 0 Å². The number of hydrogen-bond donors (Lipinski definition) is 0. The van der Waals surface area contributed by atoms with Gasteiger partial charge in [0.25, 0.3) is 0 Å². The molecule has 7 unspecified atom stereocenters. The van der Waals surface area contributed by atoms with Crippen LogP contribution in [0.4, 0.5) is 0 Å². The molecular formula is C29H54O3. The Morgan fingerprint density at radius 2 is 1.22 bits per heavy atom. The Morgan fingerprint density at radius 1 is 0.625 bits per heavy atom. The summed E-state index contributed by atoms with van der Waals surface area (Å²) in [5.74, 6) is 2.04. The number of hydrogen-bond acceptors (Lipinski definition) is 3. The monoisotopic (exact) mass is 450 g/mol. The molecule has 0 aromatic carbocycles. The van der Waals surface area contributed by atoms with Crippen LogP contribution < -0.4 is 0 Å². The molecule has 32 heavy (non-hydrogen) atoms. The fraction of sp³-hybridized carbons (Fsp3) is 1.00. The van der Waals surface area contributed by atoms with Crippen molar-refractivity contribution in [3.8, 4) is 0 Å². The quantitative estimate of drug-likeness (QED) is 0.222. The number of unbranched alkanes of at least 4 members (excludes halogenated alkanes) is 10. The topological polar surface area (TPSA) is 27.7 Å². The summed E-state index contributed by atoms with van der Waals surface area (Å²) in [6.07, 6.45) is 24.0. The summed E-state index contributed by atoms with van der Waals surface area (Å²) in [7, 11) is 0. The van der Waals surface area contributed by atoms with Gasteiger partial charge in [-0.2, -0.15) is 0 Å². The second-order valence-electron chi connectivity index (χ2n) is 11.2. The molecule has 1 heterocycles. The molecule has 3 heteroatoms. The third-order valence-electron chi connectivity index (χ3n) is 8.59. The highest BCUT2D eigenvalue weighted by atomic mass is 16.5. The molecule has 0 N–H and O–H groups in total. The lowest BCUT2D eigenvalue weighted by molar-refractivity contribution is -0.0660. The van der Waals surface area contributed by atoms with Crippen molar-refractivity contribution in [1.82, 2.24) is 0 Å². The Morgan fingerprint density at radius 3 is 1.91 bits per heavy atom. The van der Waals surface area contributed by atoms with Crippen LogP contribution >= 0.6 is 0 Å². The van der Waals surface area contributed by atoms with Gasteiger partial charge in [-0.15, -0.1) is 0 Å². The van der Waals surface area contributed by atoms with E-state index in [2.05, 4.69) is 20.8 Å². The molecule has 0 aromatic heterocycles. The largest absolute Gasteiger partial charge is 0.378 e. The Balaban J connectivity index is 1.35. The van der Waals surface area contributed by atoms with E-state index in [1.807, 2.05) is 0 Å². The Labute approximate surface area is 199 Å². The lowest BCUT2D eigenvalue weighted by atomic mass is 9.69. The van der Waals surface area contributed by atoms with Crippen LogP contribution in [0.25, 0.3) is 0 Å². The zero-order valence-electron chi connectivity index (χ0n) is 21.7. The van der Waals surface area contributed by atoms with Gasteiger partial charge < -0.3 is 14.2 Å². The fourth-order valence-corrected chi connectivity index (χ4v) is 6.57. The molecule has 188 valence electrons. The standard InChI is InChI=1S/C29H54O3/c1-4-6-8-10-12-14-18-30-24-16-17-27-25(21-24)26-22-28(23(3)20-29(26)32-27)31-19-15-13-11-9-7-5-2/h23-29H,4-22H2,1-3H3. The summed E-state index contributed by atoms with van der Waals surface area (Å²) in [6, 6.07) is 0. The van der Waals surface area contributed by atoms with E-state index >= 15 is 0 Å². The first-order chi connectivity index (χ1) is 15.7. The van der Waals surface area contributed by atoms with Gasteiger partial charge in [-0.3, -0.25) is 0 Å². The zero-order chi connectivity index (χ0) is 22.6. The highest BCUT2D eigenvalue weighted by Gasteiger charge is 2.51. The second-order valence-corrected chi connectivity index (χ2v) is 11.2. The molecule has 2 aliphatic carbocycles. The molecule has 1 saturated heterocycles. The maximum absolute atomic E-state index is 6.59. The molecule has 1 aliphatic heterocycles. The van der Waals surface area contributed by atoms with Crippen LogP contribution in [0.2, 0.25) is 0 Å². The molecule has 0 amide bonds. The summed E-state index contributed by atoms with van der Waals surface area (Å²) >= 11 is 0. The van der Waals surface area contributed by atoms with Gasteiger partial charge in [0.05, 0.1) is 24.4 Å². The van der Waals surface area contributed by atoms with Crippen molar-refractivity contribution >= 4 is 0 Å². The van der Waals surface area contributed by atoms with E-state index in [4.69, 9.17) is 14.2 Å². The molecule has 0 radical (unpaired) electrons. The summed E-state index contributed by atoms with van der Waals surface area (Å²) in [4.78, 5) is 0. The first kappa shape index (κ1) is 26.5. The Hall–Kier alpha value is -0.120. The van der Waals surface area contributed by atoms with Crippen molar-refractivity contribution in [2.75, 3.05) is 13.2 Å². The second kappa shape index (κ2) is 15.0. The number of rotatable bonds is 16. The zero-order valence-corrected chi connectivity index (χ0v) is 21.7. The van der Waals surface area contributed by atoms with Crippen LogP contribution in [0.5, 0.6) is 0 Å². The third kappa shape index (κ3) is 8.27. The number of ether oxygens (including phenoxy) is 3. The summed E-state index contributed by atoms with van der Waals surface area (Å²) in [6.45, 7) is 8.88. The minimum atomic E-state index is 0.443. The third-order valence-corrected chi connectivity index (χ3v) is 8.59. The van der Waals surface area contributed by atoms with Gasteiger partial charge in [0.2, 0.25) is 0 Å². The highest BCUT2D eigenvalue weighted by Crippen LogP contribution is 2.49. The highest BCUT2D eigenvalue weighted by molar-refractivity contribution is 4.99. The molecule has 0 aromatic rings. The van der Waals surface area contributed by atoms with E-state index in [1.54, 1.807) is 0 Å². The van der Waals surface area contributed by atoms with Crippen LogP contribution in [0.15, 0.2) is 0 Å². The molecule has 3 fully saturated rings. The van der Waals surface area contributed by atoms with Crippen LogP contribution in [-0.4, -0.2) is 37.6 Å². The van der Waals surface area contributed by atoms with Crippen LogP contribution in [0.3, 0.4) is 0 Å². The van der Waals surface area contributed by atoms with E-state index < -0.39 is 0 Å². The summed E-state index contributed by atoms with van der Waals surface area (Å²) in [5.41, 5.74) is 0. The van der Waals surface area contributed by atoms with E-state index in [9.17, 15) is 0 Å². The van der Waals surface area contributed by atoms with E-state index in [1.165, 1.54) is 109 Å². The average Bonchev–Trinajstić information content (AvgIpc) is 3.14. The van der Waals surface area contributed by atoms with E-state index in [0.29, 0.717) is 42.2 Å². The first-order valence-electron chi connectivity index (χ1n) is 14.6. The lowest BCUT2D eigenvalue weighted by Crippen LogP contribution is -2.40. The van der Waals surface area contributed by atoms with Gasteiger partial charge >= 0.3 is 0 Å². The molecular weight excluding hydrogens is 396 g/mol.